The maximum atomic E-state index is 3.68. The van der Waals surface area contributed by atoms with Crippen molar-refractivity contribution in [3.63, 3.8) is 0 Å². The van der Waals surface area contributed by atoms with Crippen molar-refractivity contribution in [3.8, 4) is 22.5 Å². The lowest BCUT2D eigenvalue weighted by Gasteiger charge is -2.23. The number of nitrogens with zero attached hydrogens (tertiary/aromatic N) is 2. The fourth-order valence-electron chi connectivity index (χ4n) is 7.65. The molecule has 1 aliphatic rings. The van der Waals surface area contributed by atoms with Crippen LogP contribution in [0.4, 0.5) is 5.69 Å². The summed E-state index contributed by atoms with van der Waals surface area (Å²) in [4.78, 5) is 0. The molecular weight excluding hydrogens is 583 g/mol. The molecule has 2 aromatic heterocycles. The molecule has 10 rings (SSSR count). The highest BCUT2D eigenvalue weighted by Crippen LogP contribution is 2.38. The third-order valence-corrected chi connectivity index (χ3v) is 9.94. The van der Waals surface area contributed by atoms with Gasteiger partial charge in [-0.3, -0.25) is 0 Å². The van der Waals surface area contributed by atoms with Crippen LogP contribution in [0.5, 0.6) is 0 Å². The Kier molecular flexibility index (Phi) is 5.94. The number of hydrogen-bond donors (Lipinski definition) is 1. The Balaban J connectivity index is 1.07. The zero-order valence-corrected chi connectivity index (χ0v) is 26.2. The molecule has 1 N–H and O–H groups in total. The van der Waals surface area contributed by atoms with Gasteiger partial charge in [0, 0.05) is 38.6 Å². The van der Waals surface area contributed by atoms with Gasteiger partial charge in [0.05, 0.1) is 28.1 Å². The number of benzene rings is 7. The molecule has 0 aliphatic carbocycles. The van der Waals surface area contributed by atoms with E-state index in [1.807, 2.05) is 0 Å². The quantitative estimate of drug-likeness (QED) is 0.210. The maximum Gasteiger partial charge on any atom is 0.0701 e. The molecule has 3 heteroatoms. The average molecular weight is 614 g/mol. The van der Waals surface area contributed by atoms with Crippen molar-refractivity contribution in [2.75, 3.05) is 5.32 Å². The third kappa shape index (κ3) is 4.14. The van der Waals surface area contributed by atoms with Crippen molar-refractivity contribution >= 4 is 55.4 Å². The van der Waals surface area contributed by atoms with Gasteiger partial charge in [-0.05, 0) is 89.0 Å². The van der Waals surface area contributed by atoms with Gasteiger partial charge in [0.15, 0.2) is 0 Å². The van der Waals surface area contributed by atoms with Crippen molar-refractivity contribution in [1.82, 2.24) is 9.13 Å². The van der Waals surface area contributed by atoms with Crippen LogP contribution in [-0.2, 0) is 0 Å². The number of fused-ring (bicyclic) bond motifs is 7. The first-order valence-corrected chi connectivity index (χ1v) is 16.6. The molecular formula is C45H31N3. The van der Waals surface area contributed by atoms with Crippen molar-refractivity contribution in [2.24, 2.45) is 0 Å². The highest BCUT2D eigenvalue weighted by atomic mass is 15.0. The Bertz CT molecular complexity index is 2690. The lowest BCUT2D eigenvalue weighted by atomic mass is 9.99. The van der Waals surface area contributed by atoms with Crippen molar-refractivity contribution in [1.29, 1.82) is 0 Å². The number of hydrogen-bond acceptors (Lipinski definition) is 1. The molecule has 0 saturated heterocycles. The van der Waals surface area contributed by atoms with Gasteiger partial charge in [-0.2, -0.15) is 0 Å². The van der Waals surface area contributed by atoms with E-state index in [0.29, 0.717) is 0 Å². The summed E-state index contributed by atoms with van der Waals surface area (Å²) < 4.78 is 4.77. The Morgan fingerprint density at radius 1 is 0.417 bits per heavy atom. The minimum Gasteiger partial charge on any atom is -0.374 e. The Morgan fingerprint density at radius 2 is 0.938 bits per heavy atom. The van der Waals surface area contributed by atoms with Gasteiger partial charge < -0.3 is 14.5 Å². The topological polar surface area (TPSA) is 21.9 Å². The van der Waals surface area contributed by atoms with Crippen LogP contribution in [0.3, 0.4) is 0 Å². The first kappa shape index (κ1) is 26.9. The Morgan fingerprint density at radius 3 is 1.58 bits per heavy atom. The lowest BCUT2D eigenvalue weighted by molar-refractivity contribution is 0.976. The maximum absolute atomic E-state index is 3.68. The second-order valence-corrected chi connectivity index (χ2v) is 12.7. The summed E-state index contributed by atoms with van der Waals surface area (Å²) in [5.41, 5.74) is 13.3. The molecule has 0 radical (unpaired) electrons. The summed E-state index contributed by atoms with van der Waals surface area (Å²) in [5.74, 6) is 0. The van der Waals surface area contributed by atoms with E-state index in [9.17, 15) is 0 Å². The molecule has 1 atom stereocenters. The largest absolute Gasteiger partial charge is 0.374 e. The molecule has 3 heterocycles. The Labute approximate surface area is 278 Å². The minimum atomic E-state index is 0.147. The summed E-state index contributed by atoms with van der Waals surface area (Å²) in [7, 11) is 0. The van der Waals surface area contributed by atoms with E-state index in [-0.39, 0.29) is 6.04 Å². The fraction of sp³-hybridized carbons (Fsp3) is 0.0222. The molecule has 0 amide bonds. The van der Waals surface area contributed by atoms with Crippen LogP contribution in [-0.4, -0.2) is 9.13 Å². The molecule has 0 fully saturated rings. The summed E-state index contributed by atoms with van der Waals surface area (Å²) in [6.07, 6.45) is 4.46. The number of anilines is 1. The summed E-state index contributed by atoms with van der Waals surface area (Å²) in [6, 6.07) is 59.6. The van der Waals surface area contributed by atoms with Gasteiger partial charge in [0.25, 0.3) is 0 Å². The van der Waals surface area contributed by atoms with Crippen LogP contribution in [0.15, 0.2) is 170 Å². The van der Waals surface area contributed by atoms with Crippen LogP contribution in [0.25, 0.3) is 72.2 Å². The predicted molar refractivity (Wildman–Crippen MR) is 202 cm³/mol. The molecule has 7 aromatic carbocycles. The second kappa shape index (κ2) is 10.6. The van der Waals surface area contributed by atoms with Crippen LogP contribution >= 0.6 is 0 Å². The zero-order valence-electron chi connectivity index (χ0n) is 26.2. The molecule has 9 aromatic rings. The lowest BCUT2D eigenvalue weighted by Crippen LogP contribution is -2.12. The van der Waals surface area contributed by atoms with E-state index in [4.69, 9.17) is 0 Å². The Hall–Kier alpha value is -6.32. The normalized spacial score (nSPS) is 14.1. The third-order valence-electron chi connectivity index (χ3n) is 9.94. The number of aromatic nitrogens is 2. The number of rotatable bonds is 4. The molecule has 48 heavy (non-hydrogen) atoms. The smallest absolute Gasteiger partial charge is 0.0701 e. The zero-order chi connectivity index (χ0) is 31.6. The van der Waals surface area contributed by atoms with Crippen LogP contribution < -0.4 is 5.32 Å². The highest BCUT2D eigenvalue weighted by molar-refractivity contribution is 6.12. The molecule has 226 valence electrons. The first-order valence-electron chi connectivity index (χ1n) is 16.6. The van der Waals surface area contributed by atoms with Gasteiger partial charge >= 0.3 is 0 Å². The van der Waals surface area contributed by atoms with Gasteiger partial charge in [0.1, 0.15) is 0 Å². The van der Waals surface area contributed by atoms with Crippen molar-refractivity contribution in [3.05, 3.63) is 181 Å². The van der Waals surface area contributed by atoms with Crippen LogP contribution in [0.1, 0.15) is 17.2 Å². The van der Waals surface area contributed by atoms with Crippen molar-refractivity contribution in [2.45, 2.75) is 6.04 Å². The van der Waals surface area contributed by atoms with Gasteiger partial charge in [-0.1, -0.05) is 109 Å². The fourth-order valence-corrected chi connectivity index (χ4v) is 7.65. The molecule has 0 saturated carbocycles. The first-order chi connectivity index (χ1) is 23.8. The standard InChI is InChI=1S/C45H31N3/c1-2-11-34(12-3-1)47-42-16-8-5-13-36(42)38-28-32(21-26-44(38)47)33-22-27-45-39(29-33)37-14-6-9-17-43(37)48(45)35-23-18-31(19-24-35)41-25-20-30-10-4-7-15-40(30)46-41/h1-29,41,46H. The number of nitrogens with one attached hydrogen (secondary N) is 1. The van der Waals surface area contributed by atoms with Crippen LogP contribution in [0.2, 0.25) is 0 Å². The van der Waals surface area contributed by atoms with E-state index in [1.165, 1.54) is 77.2 Å². The SMILES string of the molecule is C1=CC(c2ccc(-n3c4ccccc4c4cc(-c5ccc6c(c5)c5ccccc5n6-c5ccccc5)ccc43)cc2)Nc2ccccc21. The summed E-state index contributed by atoms with van der Waals surface area (Å²) in [5, 5.41) is 8.73. The van der Waals surface area contributed by atoms with E-state index in [0.717, 1.165) is 5.69 Å². The monoisotopic (exact) mass is 613 g/mol. The predicted octanol–water partition coefficient (Wildman–Crippen LogP) is 11.7. The van der Waals surface area contributed by atoms with E-state index in [2.05, 4.69) is 190 Å². The average Bonchev–Trinajstić information content (AvgIpc) is 3.67. The molecule has 1 aliphatic heterocycles. The van der Waals surface area contributed by atoms with E-state index in [1.54, 1.807) is 0 Å². The molecule has 1 unspecified atom stereocenters. The van der Waals surface area contributed by atoms with Gasteiger partial charge in [-0.25, -0.2) is 0 Å². The van der Waals surface area contributed by atoms with Gasteiger partial charge in [0.2, 0.25) is 0 Å². The number of para-hydroxylation sites is 4. The molecule has 0 bridgehead atoms. The molecule has 3 nitrogen and oxygen atoms in total. The minimum absolute atomic E-state index is 0.147. The second-order valence-electron chi connectivity index (χ2n) is 12.7. The summed E-state index contributed by atoms with van der Waals surface area (Å²) in [6.45, 7) is 0. The highest BCUT2D eigenvalue weighted by Gasteiger charge is 2.17. The summed E-state index contributed by atoms with van der Waals surface area (Å²) >= 11 is 0. The van der Waals surface area contributed by atoms with Gasteiger partial charge in [-0.15, -0.1) is 0 Å². The van der Waals surface area contributed by atoms with E-state index < -0.39 is 0 Å². The van der Waals surface area contributed by atoms with Crippen LogP contribution in [0, 0.1) is 0 Å². The molecule has 0 spiro atoms. The van der Waals surface area contributed by atoms with E-state index >= 15 is 0 Å². The van der Waals surface area contributed by atoms with Crippen molar-refractivity contribution < 1.29 is 0 Å².